The minimum atomic E-state index is -0.392. The maximum atomic E-state index is 13.0. The molecule has 24 heavy (non-hydrogen) atoms. The Morgan fingerprint density at radius 2 is 1.96 bits per heavy atom. The molecule has 2 atom stereocenters. The van der Waals surface area contributed by atoms with Gasteiger partial charge in [0.2, 0.25) is 11.8 Å². The second-order valence-corrected chi connectivity index (χ2v) is 7.44. The first-order valence-electron chi connectivity index (χ1n) is 8.86. The second kappa shape index (κ2) is 6.93. The molecular formula is C19H27N3O2. The second-order valence-electron chi connectivity index (χ2n) is 7.44. The third kappa shape index (κ3) is 3.46. The summed E-state index contributed by atoms with van der Waals surface area (Å²) in [5.74, 6) is 0.404. The van der Waals surface area contributed by atoms with Crippen molar-refractivity contribution in [3.05, 3.63) is 35.4 Å². The van der Waals surface area contributed by atoms with Crippen LogP contribution in [-0.4, -0.2) is 46.8 Å². The summed E-state index contributed by atoms with van der Waals surface area (Å²) in [7, 11) is 0. The van der Waals surface area contributed by atoms with E-state index >= 15 is 0 Å². The molecule has 1 fully saturated rings. The van der Waals surface area contributed by atoms with Crippen LogP contribution in [-0.2, 0) is 22.6 Å². The number of benzene rings is 1. The Labute approximate surface area is 143 Å². The molecule has 1 aromatic rings. The molecule has 2 aliphatic heterocycles. The summed E-state index contributed by atoms with van der Waals surface area (Å²) in [6, 6.07) is 7.78. The SMILES string of the molecule is CC(C)CC(=O)N1Cc2ccccc2CC1C(=O)N1CC[C@@H](N)C1. The molecule has 5 heteroatoms. The van der Waals surface area contributed by atoms with Crippen molar-refractivity contribution in [2.75, 3.05) is 13.1 Å². The van der Waals surface area contributed by atoms with Gasteiger partial charge < -0.3 is 15.5 Å². The Hall–Kier alpha value is -1.88. The number of likely N-dealkylation sites (tertiary alicyclic amines) is 1. The zero-order valence-electron chi connectivity index (χ0n) is 14.6. The molecule has 0 aromatic heterocycles. The maximum Gasteiger partial charge on any atom is 0.245 e. The normalized spacial score (nSPS) is 23.5. The number of hydrogen-bond donors (Lipinski definition) is 1. The van der Waals surface area contributed by atoms with Crippen LogP contribution in [0.5, 0.6) is 0 Å². The number of hydrogen-bond acceptors (Lipinski definition) is 3. The number of amides is 2. The molecule has 0 saturated carbocycles. The average Bonchev–Trinajstić information content (AvgIpc) is 2.98. The van der Waals surface area contributed by atoms with Crippen LogP contribution >= 0.6 is 0 Å². The van der Waals surface area contributed by atoms with Crippen LogP contribution in [0.3, 0.4) is 0 Å². The minimum absolute atomic E-state index is 0.0505. The Kier molecular flexibility index (Phi) is 4.90. The number of carbonyl (C=O) groups is 2. The maximum absolute atomic E-state index is 13.0. The van der Waals surface area contributed by atoms with E-state index in [0.717, 1.165) is 12.0 Å². The lowest BCUT2D eigenvalue weighted by Crippen LogP contribution is -2.53. The Morgan fingerprint density at radius 1 is 1.25 bits per heavy atom. The molecule has 2 heterocycles. The van der Waals surface area contributed by atoms with Crippen molar-refractivity contribution < 1.29 is 9.59 Å². The molecular weight excluding hydrogens is 302 g/mol. The van der Waals surface area contributed by atoms with Gasteiger partial charge in [0.25, 0.3) is 0 Å². The van der Waals surface area contributed by atoms with Gasteiger partial charge in [-0.3, -0.25) is 9.59 Å². The van der Waals surface area contributed by atoms with Crippen LogP contribution in [0.4, 0.5) is 0 Å². The molecule has 0 bridgehead atoms. The van der Waals surface area contributed by atoms with E-state index in [1.54, 1.807) is 4.90 Å². The predicted molar refractivity (Wildman–Crippen MR) is 93.1 cm³/mol. The first-order chi connectivity index (χ1) is 11.5. The molecule has 0 spiro atoms. The average molecular weight is 329 g/mol. The van der Waals surface area contributed by atoms with Crippen LogP contribution in [0.25, 0.3) is 0 Å². The molecule has 3 rings (SSSR count). The number of carbonyl (C=O) groups excluding carboxylic acids is 2. The van der Waals surface area contributed by atoms with Gasteiger partial charge in [0, 0.05) is 38.5 Å². The lowest BCUT2D eigenvalue weighted by molar-refractivity contribution is -0.147. The summed E-state index contributed by atoms with van der Waals surface area (Å²) in [5.41, 5.74) is 8.28. The molecule has 130 valence electrons. The van der Waals surface area contributed by atoms with Crippen LogP contribution in [0.1, 0.15) is 37.8 Å². The summed E-state index contributed by atoms with van der Waals surface area (Å²) in [5, 5.41) is 0. The van der Waals surface area contributed by atoms with E-state index < -0.39 is 6.04 Å². The van der Waals surface area contributed by atoms with Crippen molar-refractivity contribution in [1.29, 1.82) is 0 Å². The summed E-state index contributed by atoms with van der Waals surface area (Å²) in [6.07, 6.45) is 1.92. The molecule has 1 saturated heterocycles. The van der Waals surface area contributed by atoms with Crippen LogP contribution in [0, 0.1) is 5.92 Å². The molecule has 1 aromatic carbocycles. The topological polar surface area (TPSA) is 66.6 Å². The monoisotopic (exact) mass is 329 g/mol. The van der Waals surface area contributed by atoms with Gasteiger partial charge in [-0.15, -0.1) is 0 Å². The van der Waals surface area contributed by atoms with Gasteiger partial charge in [0.1, 0.15) is 6.04 Å². The van der Waals surface area contributed by atoms with Gasteiger partial charge in [0.15, 0.2) is 0 Å². The van der Waals surface area contributed by atoms with Crippen molar-refractivity contribution in [2.24, 2.45) is 11.7 Å². The van der Waals surface area contributed by atoms with E-state index in [0.29, 0.717) is 32.5 Å². The lowest BCUT2D eigenvalue weighted by atomic mass is 9.92. The van der Waals surface area contributed by atoms with Crippen LogP contribution < -0.4 is 5.73 Å². The molecule has 2 amide bonds. The highest BCUT2D eigenvalue weighted by Crippen LogP contribution is 2.26. The van der Waals surface area contributed by atoms with E-state index in [1.807, 2.05) is 30.9 Å². The fourth-order valence-corrected chi connectivity index (χ4v) is 3.67. The quantitative estimate of drug-likeness (QED) is 0.915. The fourth-order valence-electron chi connectivity index (χ4n) is 3.67. The fraction of sp³-hybridized carbons (Fsp3) is 0.579. The first-order valence-corrected chi connectivity index (χ1v) is 8.86. The highest BCUT2D eigenvalue weighted by atomic mass is 16.2. The summed E-state index contributed by atoms with van der Waals surface area (Å²) in [6.45, 7) is 5.89. The Balaban J connectivity index is 1.85. The smallest absolute Gasteiger partial charge is 0.245 e. The molecule has 2 aliphatic rings. The van der Waals surface area contributed by atoms with E-state index in [4.69, 9.17) is 5.73 Å². The van der Waals surface area contributed by atoms with Crippen molar-refractivity contribution in [3.63, 3.8) is 0 Å². The summed E-state index contributed by atoms with van der Waals surface area (Å²) < 4.78 is 0. The zero-order valence-corrected chi connectivity index (χ0v) is 14.6. The van der Waals surface area contributed by atoms with Gasteiger partial charge >= 0.3 is 0 Å². The van der Waals surface area contributed by atoms with E-state index in [2.05, 4.69) is 12.1 Å². The lowest BCUT2D eigenvalue weighted by Gasteiger charge is -2.38. The number of nitrogens with zero attached hydrogens (tertiary/aromatic N) is 2. The van der Waals surface area contributed by atoms with E-state index in [-0.39, 0.29) is 23.8 Å². The molecule has 0 radical (unpaired) electrons. The van der Waals surface area contributed by atoms with E-state index in [1.165, 1.54) is 5.56 Å². The number of nitrogens with two attached hydrogens (primary N) is 1. The van der Waals surface area contributed by atoms with Crippen molar-refractivity contribution in [3.8, 4) is 0 Å². The predicted octanol–water partition coefficient (Wildman–Crippen LogP) is 1.55. The van der Waals surface area contributed by atoms with Gasteiger partial charge in [0.05, 0.1) is 0 Å². The number of fused-ring (bicyclic) bond motifs is 1. The molecule has 5 nitrogen and oxygen atoms in total. The van der Waals surface area contributed by atoms with Gasteiger partial charge in [-0.2, -0.15) is 0 Å². The van der Waals surface area contributed by atoms with E-state index in [9.17, 15) is 9.59 Å². The summed E-state index contributed by atoms with van der Waals surface area (Å²) in [4.78, 5) is 29.4. The Morgan fingerprint density at radius 3 is 2.58 bits per heavy atom. The number of rotatable bonds is 3. The zero-order chi connectivity index (χ0) is 17.3. The standard InChI is InChI=1S/C19H27N3O2/c1-13(2)9-18(23)22-11-15-6-4-3-5-14(15)10-17(22)19(24)21-8-7-16(20)12-21/h3-6,13,16-17H,7-12,20H2,1-2H3/t16-,17?/m1/s1. The molecule has 0 aliphatic carbocycles. The largest absolute Gasteiger partial charge is 0.339 e. The first kappa shape index (κ1) is 17.0. The van der Waals surface area contributed by atoms with Crippen molar-refractivity contribution >= 4 is 11.8 Å². The molecule has 1 unspecified atom stereocenters. The van der Waals surface area contributed by atoms with Crippen LogP contribution in [0.2, 0.25) is 0 Å². The minimum Gasteiger partial charge on any atom is -0.339 e. The van der Waals surface area contributed by atoms with Crippen LogP contribution in [0.15, 0.2) is 24.3 Å². The Bertz CT molecular complexity index is 629. The van der Waals surface area contributed by atoms with Gasteiger partial charge in [-0.1, -0.05) is 38.1 Å². The molecule has 2 N–H and O–H groups in total. The van der Waals surface area contributed by atoms with Crippen molar-refractivity contribution in [1.82, 2.24) is 9.80 Å². The highest BCUT2D eigenvalue weighted by Gasteiger charge is 2.38. The third-order valence-corrected chi connectivity index (χ3v) is 4.97. The third-order valence-electron chi connectivity index (χ3n) is 4.97. The van der Waals surface area contributed by atoms with Gasteiger partial charge in [-0.25, -0.2) is 0 Å². The highest BCUT2D eigenvalue weighted by molar-refractivity contribution is 5.88. The summed E-state index contributed by atoms with van der Waals surface area (Å²) >= 11 is 0. The van der Waals surface area contributed by atoms with Crippen molar-refractivity contribution in [2.45, 2.75) is 51.7 Å². The van der Waals surface area contributed by atoms with Gasteiger partial charge in [-0.05, 0) is 23.5 Å².